The van der Waals surface area contributed by atoms with Crippen LogP contribution in [0.3, 0.4) is 0 Å². The molecule has 0 aliphatic heterocycles. The Morgan fingerprint density at radius 1 is 1.52 bits per heavy atom. The van der Waals surface area contributed by atoms with Crippen LogP contribution in [0.4, 0.5) is 0 Å². The normalized spacial score (nSPS) is 16.7. The number of carbonyl (C=O) groups is 1. The Kier molecular flexibility index (Phi) is 4.94. The van der Waals surface area contributed by atoms with Gasteiger partial charge < -0.3 is 5.11 Å². The van der Waals surface area contributed by atoms with Gasteiger partial charge in [-0.2, -0.15) is 11.8 Å². The van der Waals surface area contributed by atoms with E-state index in [1.165, 1.54) is 6.07 Å². The van der Waals surface area contributed by atoms with Crippen LogP contribution in [-0.2, 0) is 10.0 Å². The molecule has 0 heterocycles. The number of hydrogen-bond donors (Lipinski definition) is 2. The van der Waals surface area contributed by atoms with E-state index in [9.17, 15) is 13.2 Å². The lowest BCUT2D eigenvalue weighted by molar-refractivity contribution is 0.0696. The molecule has 1 fully saturated rings. The molecule has 1 aliphatic carbocycles. The van der Waals surface area contributed by atoms with Gasteiger partial charge in [-0.05, 0) is 47.2 Å². The predicted octanol–water partition coefficient (Wildman–Crippen LogP) is 2.97. The van der Waals surface area contributed by atoms with Gasteiger partial charge in [0.05, 0.1) is 15.5 Å². The molecule has 21 heavy (non-hydrogen) atoms. The SMILES string of the molecule is CSC1(CNS(=O)(=O)c2cc(Br)c(Cl)c(C(=O)O)c2)CC1. The topological polar surface area (TPSA) is 83.5 Å². The van der Waals surface area contributed by atoms with Crippen LogP contribution in [0.2, 0.25) is 5.02 Å². The van der Waals surface area contributed by atoms with Gasteiger partial charge in [-0.3, -0.25) is 0 Å². The van der Waals surface area contributed by atoms with Gasteiger partial charge in [0, 0.05) is 15.8 Å². The first-order chi connectivity index (χ1) is 9.71. The number of thioether (sulfide) groups is 1. The van der Waals surface area contributed by atoms with Crippen LogP contribution in [0, 0.1) is 0 Å². The molecule has 0 unspecified atom stereocenters. The molecule has 5 nitrogen and oxygen atoms in total. The van der Waals surface area contributed by atoms with E-state index in [2.05, 4.69) is 20.7 Å². The fourth-order valence-corrected chi connectivity index (χ4v) is 4.58. The van der Waals surface area contributed by atoms with Crippen LogP contribution in [0.25, 0.3) is 0 Å². The Hall–Kier alpha value is -0.280. The number of carboxylic acids is 1. The summed E-state index contributed by atoms with van der Waals surface area (Å²) in [5, 5.41) is 9.04. The maximum atomic E-state index is 12.3. The first-order valence-corrected chi connectivity index (χ1v) is 9.86. The van der Waals surface area contributed by atoms with E-state index >= 15 is 0 Å². The van der Waals surface area contributed by atoms with Gasteiger partial charge in [0.15, 0.2) is 0 Å². The minimum absolute atomic E-state index is 0.0215. The number of nitrogens with one attached hydrogen (secondary N) is 1. The zero-order chi connectivity index (χ0) is 15.8. The number of sulfonamides is 1. The minimum Gasteiger partial charge on any atom is -0.478 e. The molecule has 1 saturated carbocycles. The maximum absolute atomic E-state index is 12.3. The summed E-state index contributed by atoms with van der Waals surface area (Å²) in [6.07, 6.45) is 3.89. The Morgan fingerprint density at radius 2 is 2.14 bits per heavy atom. The molecule has 0 saturated heterocycles. The average Bonchev–Trinajstić information content (AvgIpc) is 3.20. The fourth-order valence-electron chi connectivity index (χ4n) is 1.78. The van der Waals surface area contributed by atoms with Gasteiger partial charge in [-0.25, -0.2) is 17.9 Å². The van der Waals surface area contributed by atoms with Crippen LogP contribution < -0.4 is 4.72 Å². The summed E-state index contributed by atoms with van der Waals surface area (Å²) in [5.74, 6) is -1.28. The molecule has 0 spiro atoms. The molecule has 9 heteroatoms. The second-order valence-electron chi connectivity index (χ2n) is 4.78. The van der Waals surface area contributed by atoms with Crippen LogP contribution in [0.15, 0.2) is 21.5 Å². The van der Waals surface area contributed by atoms with Crippen molar-refractivity contribution in [2.24, 2.45) is 0 Å². The summed E-state index contributed by atoms with van der Waals surface area (Å²) >= 11 is 10.6. The molecule has 0 amide bonds. The van der Waals surface area contributed by atoms with Crippen molar-refractivity contribution in [3.8, 4) is 0 Å². The molecular formula is C12H13BrClNO4S2. The van der Waals surface area contributed by atoms with E-state index in [1.807, 2.05) is 6.26 Å². The fraction of sp³-hybridized carbons (Fsp3) is 0.417. The maximum Gasteiger partial charge on any atom is 0.337 e. The second kappa shape index (κ2) is 6.08. The molecule has 0 atom stereocenters. The van der Waals surface area contributed by atoms with Crippen LogP contribution >= 0.6 is 39.3 Å². The molecular weight excluding hydrogens is 402 g/mol. The third-order valence-corrected chi connectivity index (χ3v) is 7.43. The largest absolute Gasteiger partial charge is 0.478 e. The number of aromatic carboxylic acids is 1. The summed E-state index contributed by atoms with van der Waals surface area (Å²) in [6, 6.07) is 2.37. The number of benzene rings is 1. The van der Waals surface area contributed by atoms with Crippen LogP contribution in [0.5, 0.6) is 0 Å². The lowest BCUT2D eigenvalue weighted by Crippen LogP contribution is -2.31. The average molecular weight is 415 g/mol. The van der Waals surface area contributed by atoms with Crippen molar-refractivity contribution in [3.63, 3.8) is 0 Å². The van der Waals surface area contributed by atoms with Crippen molar-refractivity contribution in [3.05, 3.63) is 27.2 Å². The van der Waals surface area contributed by atoms with Gasteiger partial charge in [-0.15, -0.1) is 0 Å². The molecule has 1 aromatic carbocycles. The summed E-state index contributed by atoms with van der Waals surface area (Å²) in [6.45, 7) is 0.332. The Labute approximate surface area is 140 Å². The quantitative estimate of drug-likeness (QED) is 0.747. The number of halogens is 2. The van der Waals surface area contributed by atoms with Crippen molar-refractivity contribution >= 4 is 55.3 Å². The smallest absolute Gasteiger partial charge is 0.337 e. The van der Waals surface area contributed by atoms with Crippen LogP contribution in [0.1, 0.15) is 23.2 Å². The van der Waals surface area contributed by atoms with E-state index in [-0.39, 0.29) is 24.7 Å². The van der Waals surface area contributed by atoms with Gasteiger partial charge in [0.2, 0.25) is 10.0 Å². The molecule has 0 radical (unpaired) electrons. The van der Waals surface area contributed by atoms with Gasteiger partial charge >= 0.3 is 5.97 Å². The zero-order valence-corrected chi connectivity index (χ0v) is 15.0. The summed E-state index contributed by atoms with van der Waals surface area (Å²) in [5.41, 5.74) is -0.252. The van der Waals surface area contributed by atoms with Crippen molar-refractivity contribution in [1.82, 2.24) is 4.72 Å². The highest BCUT2D eigenvalue weighted by atomic mass is 79.9. The lowest BCUT2D eigenvalue weighted by atomic mass is 10.2. The van der Waals surface area contributed by atoms with E-state index < -0.39 is 16.0 Å². The lowest BCUT2D eigenvalue weighted by Gasteiger charge is -2.14. The monoisotopic (exact) mass is 413 g/mol. The molecule has 2 rings (SSSR count). The minimum atomic E-state index is -3.77. The third-order valence-electron chi connectivity index (χ3n) is 3.37. The second-order valence-corrected chi connectivity index (χ2v) is 9.06. The van der Waals surface area contributed by atoms with Crippen molar-refractivity contribution in [1.29, 1.82) is 0 Å². The van der Waals surface area contributed by atoms with Gasteiger partial charge in [0.25, 0.3) is 0 Å². The Bertz CT molecular complexity index is 689. The molecule has 0 aromatic heterocycles. The Morgan fingerprint density at radius 3 is 2.62 bits per heavy atom. The van der Waals surface area contributed by atoms with E-state index in [0.29, 0.717) is 6.54 Å². The number of hydrogen-bond acceptors (Lipinski definition) is 4. The van der Waals surface area contributed by atoms with Crippen LogP contribution in [-0.4, -0.2) is 37.0 Å². The Balaban J connectivity index is 2.30. The highest BCUT2D eigenvalue weighted by Crippen LogP contribution is 2.46. The standard InChI is InChI=1S/C12H13BrClNO4S2/c1-20-12(2-3-12)6-15-21(18,19)7-4-8(11(16)17)10(14)9(13)5-7/h4-5,15H,2-3,6H2,1H3,(H,16,17). The molecule has 0 bridgehead atoms. The first kappa shape index (κ1) is 17.1. The molecule has 1 aliphatic rings. The van der Waals surface area contributed by atoms with Gasteiger partial charge in [0.1, 0.15) is 0 Å². The predicted molar refractivity (Wildman–Crippen MR) is 86.8 cm³/mol. The molecule has 2 N–H and O–H groups in total. The summed E-state index contributed by atoms with van der Waals surface area (Å²) < 4.78 is 27.3. The number of carboxylic acid groups (broad SMARTS) is 1. The summed E-state index contributed by atoms with van der Waals surface area (Å²) in [4.78, 5) is 11.0. The first-order valence-electron chi connectivity index (χ1n) is 5.98. The third kappa shape index (κ3) is 3.73. The van der Waals surface area contributed by atoms with Crippen molar-refractivity contribution < 1.29 is 18.3 Å². The van der Waals surface area contributed by atoms with E-state index in [4.69, 9.17) is 16.7 Å². The van der Waals surface area contributed by atoms with E-state index in [0.717, 1.165) is 18.9 Å². The van der Waals surface area contributed by atoms with E-state index in [1.54, 1.807) is 11.8 Å². The molecule has 1 aromatic rings. The van der Waals surface area contributed by atoms with Crippen molar-refractivity contribution in [2.45, 2.75) is 22.5 Å². The highest BCUT2D eigenvalue weighted by Gasteiger charge is 2.42. The van der Waals surface area contributed by atoms with Crippen molar-refractivity contribution in [2.75, 3.05) is 12.8 Å². The zero-order valence-electron chi connectivity index (χ0n) is 11.0. The molecule has 116 valence electrons. The highest BCUT2D eigenvalue weighted by molar-refractivity contribution is 9.10. The van der Waals surface area contributed by atoms with Gasteiger partial charge in [-0.1, -0.05) is 11.6 Å². The number of rotatable bonds is 6. The summed E-state index contributed by atoms with van der Waals surface area (Å²) in [7, 11) is -3.77.